The van der Waals surface area contributed by atoms with E-state index in [2.05, 4.69) is 37.3 Å². The van der Waals surface area contributed by atoms with Crippen LogP contribution in [0.4, 0.5) is 0 Å². The quantitative estimate of drug-likeness (QED) is 0.590. The highest BCUT2D eigenvalue weighted by Crippen LogP contribution is 2.39. The summed E-state index contributed by atoms with van der Waals surface area (Å²) in [6.07, 6.45) is 5.72. The molecule has 3 nitrogen and oxygen atoms in total. The van der Waals surface area contributed by atoms with Gasteiger partial charge in [0.2, 0.25) is 0 Å². The van der Waals surface area contributed by atoms with E-state index in [1.165, 1.54) is 47.5 Å². The van der Waals surface area contributed by atoms with Crippen molar-refractivity contribution >= 4 is 37.5 Å². The number of aromatic nitrogens is 1. The average Bonchev–Trinajstić information content (AvgIpc) is 2.87. The molecule has 3 saturated heterocycles. The van der Waals surface area contributed by atoms with Crippen LogP contribution in [-0.2, 0) is 0 Å². The van der Waals surface area contributed by atoms with E-state index in [0.29, 0.717) is 0 Å². The number of alkyl halides is 1. The van der Waals surface area contributed by atoms with E-state index in [0.717, 1.165) is 12.3 Å². The molecular formula is C14H18BrN3S. The Labute approximate surface area is 126 Å². The van der Waals surface area contributed by atoms with Crippen molar-refractivity contribution in [2.75, 3.05) is 13.1 Å². The van der Waals surface area contributed by atoms with Crippen molar-refractivity contribution in [2.24, 2.45) is 11.7 Å². The number of nitrogens with two attached hydrogens (primary N) is 1. The summed E-state index contributed by atoms with van der Waals surface area (Å²) in [7, 11) is 0. The molecule has 1 atom stereocenters. The van der Waals surface area contributed by atoms with Crippen LogP contribution in [0.3, 0.4) is 0 Å². The minimum Gasteiger partial charge on any atom is -0.304 e. The van der Waals surface area contributed by atoms with Crippen LogP contribution in [0.5, 0.6) is 0 Å². The van der Waals surface area contributed by atoms with Crippen molar-refractivity contribution in [2.45, 2.75) is 23.8 Å². The first kappa shape index (κ1) is 13.5. The molecule has 2 aromatic rings. The molecule has 0 aliphatic carbocycles. The van der Waals surface area contributed by atoms with Gasteiger partial charge in [0.05, 0.1) is 4.70 Å². The van der Waals surface area contributed by atoms with E-state index in [9.17, 15) is 0 Å². The van der Waals surface area contributed by atoms with Crippen molar-refractivity contribution in [3.63, 3.8) is 0 Å². The van der Waals surface area contributed by atoms with Gasteiger partial charge in [0.25, 0.3) is 0 Å². The zero-order valence-electron chi connectivity index (χ0n) is 10.8. The number of hydrogen-bond acceptors (Lipinski definition) is 4. The fourth-order valence-corrected chi connectivity index (χ4v) is 4.31. The standard InChI is InChI=1S/C7H13BrN2.C7H5NS/c8-7(9)5-6-1-3-10(7)4-2-6;1-2-4-7-6(3-1)5-8-9-7/h6H,1-5,9H2;1-5H. The topological polar surface area (TPSA) is 42.1 Å². The molecule has 4 heterocycles. The van der Waals surface area contributed by atoms with Gasteiger partial charge in [-0.25, -0.2) is 0 Å². The minimum atomic E-state index is -0.159. The van der Waals surface area contributed by atoms with Crippen LogP contribution in [0, 0.1) is 5.92 Å². The van der Waals surface area contributed by atoms with Gasteiger partial charge in [-0.1, -0.05) is 34.1 Å². The first-order valence-corrected chi connectivity index (χ1v) is 8.24. The summed E-state index contributed by atoms with van der Waals surface area (Å²) < 4.78 is 5.15. The molecule has 5 heteroatoms. The first-order chi connectivity index (χ1) is 9.15. The van der Waals surface area contributed by atoms with Crippen molar-refractivity contribution < 1.29 is 0 Å². The van der Waals surface area contributed by atoms with Crippen molar-refractivity contribution in [1.29, 1.82) is 0 Å². The number of piperidine rings is 3. The lowest BCUT2D eigenvalue weighted by atomic mass is 9.86. The zero-order valence-corrected chi connectivity index (χ0v) is 13.2. The molecular weight excluding hydrogens is 322 g/mol. The van der Waals surface area contributed by atoms with Crippen LogP contribution in [-0.4, -0.2) is 26.9 Å². The van der Waals surface area contributed by atoms with Crippen LogP contribution >= 0.6 is 27.5 Å². The third-order valence-electron chi connectivity index (χ3n) is 3.98. The van der Waals surface area contributed by atoms with Gasteiger partial charge in [-0.15, -0.1) is 0 Å². The van der Waals surface area contributed by atoms with E-state index in [1.807, 2.05) is 18.3 Å². The molecule has 2 bridgehead atoms. The molecule has 19 heavy (non-hydrogen) atoms. The molecule has 2 N–H and O–H groups in total. The molecule has 3 fully saturated rings. The van der Waals surface area contributed by atoms with Crippen LogP contribution in [0.2, 0.25) is 0 Å². The molecule has 0 radical (unpaired) electrons. The molecule has 3 aliphatic heterocycles. The fraction of sp³-hybridized carbons (Fsp3) is 0.500. The van der Waals surface area contributed by atoms with Gasteiger partial charge >= 0.3 is 0 Å². The molecule has 0 spiro atoms. The highest BCUT2D eigenvalue weighted by Gasteiger charge is 2.40. The van der Waals surface area contributed by atoms with E-state index in [-0.39, 0.29) is 4.57 Å². The number of rotatable bonds is 0. The van der Waals surface area contributed by atoms with Gasteiger partial charge < -0.3 is 5.73 Å². The summed E-state index contributed by atoms with van der Waals surface area (Å²) in [5.74, 6) is 0.884. The molecule has 5 rings (SSSR count). The predicted molar refractivity (Wildman–Crippen MR) is 84.4 cm³/mol. The van der Waals surface area contributed by atoms with E-state index >= 15 is 0 Å². The second-order valence-electron chi connectivity index (χ2n) is 5.32. The minimum absolute atomic E-state index is 0.159. The third kappa shape index (κ3) is 2.99. The number of benzene rings is 1. The highest BCUT2D eigenvalue weighted by molar-refractivity contribution is 9.10. The highest BCUT2D eigenvalue weighted by atomic mass is 79.9. The Morgan fingerprint density at radius 1 is 1.32 bits per heavy atom. The number of nitrogens with zero attached hydrogens (tertiary/aromatic N) is 2. The van der Waals surface area contributed by atoms with Crippen molar-refractivity contribution in [3.05, 3.63) is 30.5 Å². The van der Waals surface area contributed by atoms with Crippen molar-refractivity contribution in [1.82, 2.24) is 9.27 Å². The Morgan fingerprint density at radius 3 is 2.58 bits per heavy atom. The van der Waals surface area contributed by atoms with Gasteiger partial charge in [0.15, 0.2) is 0 Å². The first-order valence-electron chi connectivity index (χ1n) is 6.67. The van der Waals surface area contributed by atoms with Crippen LogP contribution in [0.15, 0.2) is 30.5 Å². The molecule has 102 valence electrons. The van der Waals surface area contributed by atoms with Crippen LogP contribution in [0.25, 0.3) is 10.1 Å². The Hall–Kier alpha value is -0.490. The van der Waals surface area contributed by atoms with Crippen LogP contribution < -0.4 is 5.73 Å². The second kappa shape index (κ2) is 5.48. The molecule has 1 unspecified atom stereocenters. The van der Waals surface area contributed by atoms with Gasteiger partial charge in [-0.05, 0) is 42.8 Å². The fourth-order valence-electron chi connectivity index (χ4n) is 2.85. The van der Waals surface area contributed by atoms with E-state index in [4.69, 9.17) is 5.73 Å². The zero-order chi connectivity index (χ0) is 13.3. The van der Waals surface area contributed by atoms with E-state index < -0.39 is 0 Å². The molecule has 3 aliphatic rings. The monoisotopic (exact) mass is 339 g/mol. The maximum absolute atomic E-state index is 6.01. The second-order valence-corrected chi connectivity index (χ2v) is 7.52. The summed E-state index contributed by atoms with van der Waals surface area (Å²) in [5.41, 5.74) is 6.01. The third-order valence-corrected chi connectivity index (χ3v) is 5.58. The lowest BCUT2D eigenvalue weighted by Crippen LogP contribution is -2.59. The Balaban J connectivity index is 0.000000117. The molecule has 0 amide bonds. The number of halogens is 1. The Kier molecular flexibility index (Phi) is 3.89. The molecule has 0 saturated carbocycles. The molecule has 1 aromatic carbocycles. The summed E-state index contributed by atoms with van der Waals surface area (Å²) in [6, 6.07) is 8.20. The van der Waals surface area contributed by atoms with Gasteiger partial charge in [-0.2, -0.15) is 4.37 Å². The van der Waals surface area contributed by atoms with Crippen LogP contribution in [0.1, 0.15) is 19.3 Å². The smallest absolute Gasteiger partial charge is 0.126 e. The molecule has 1 aromatic heterocycles. The number of fused-ring (bicyclic) bond motifs is 4. The predicted octanol–water partition coefficient (Wildman–Crippen LogP) is 3.41. The SMILES string of the molecule is NC1(Br)CC2CCN1CC2.c1ccc2sncc2c1. The lowest BCUT2D eigenvalue weighted by molar-refractivity contribution is 0.0362. The Morgan fingerprint density at radius 2 is 2.05 bits per heavy atom. The summed E-state index contributed by atoms with van der Waals surface area (Å²) in [6.45, 7) is 2.37. The normalized spacial score (nSPS) is 32.9. The summed E-state index contributed by atoms with van der Waals surface area (Å²) in [4.78, 5) is 2.34. The Bertz CT molecular complexity index is 516. The van der Waals surface area contributed by atoms with Gasteiger partial charge in [-0.3, -0.25) is 4.90 Å². The van der Waals surface area contributed by atoms with Gasteiger partial charge in [0, 0.05) is 24.7 Å². The largest absolute Gasteiger partial charge is 0.304 e. The summed E-state index contributed by atoms with van der Waals surface area (Å²) in [5, 5.41) is 1.24. The van der Waals surface area contributed by atoms with E-state index in [1.54, 1.807) is 0 Å². The van der Waals surface area contributed by atoms with Crippen molar-refractivity contribution in [3.8, 4) is 0 Å². The maximum Gasteiger partial charge on any atom is 0.126 e. The summed E-state index contributed by atoms with van der Waals surface area (Å²) >= 11 is 5.09. The maximum atomic E-state index is 6.01. The lowest BCUT2D eigenvalue weighted by Gasteiger charge is -2.49. The number of hydrogen-bond donors (Lipinski definition) is 1. The average molecular weight is 340 g/mol. The van der Waals surface area contributed by atoms with Gasteiger partial charge in [0.1, 0.15) is 4.57 Å².